The van der Waals surface area contributed by atoms with E-state index in [4.69, 9.17) is 9.47 Å². The molecule has 4 heterocycles. The number of amides is 5. The van der Waals surface area contributed by atoms with E-state index >= 15 is 0 Å². The van der Waals surface area contributed by atoms with E-state index in [1.165, 1.54) is 21.9 Å². The molecule has 0 unspecified atom stereocenters. The molecule has 3 fully saturated rings. The molecule has 4 N–H and O–H groups in total. The Bertz CT molecular complexity index is 2150. The third kappa shape index (κ3) is 9.86. The van der Waals surface area contributed by atoms with Gasteiger partial charge in [0.2, 0.25) is 11.8 Å². The fourth-order valence-electron chi connectivity index (χ4n) is 8.70. The highest BCUT2D eigenvalue weighted by atomic mass is 32.2. The summed E-state index contributed by atoms with van der Waals surface area (Å²) in [5, 5.41) is 8.53. The van der Waals surface area contributed by atoms with Gasteiger partial charge >= 0.3 is 12.2 Å². The van der Waals surface area contributed by atoms with E-state index in [2.05, 4.69) is 27.5 Å². The van der Waals surface area contributed by atoms with Crippen LogP contribution in [0.4, 0.5) is 25.5 Å². The molecule has 1 aromatic carbocycles. The molecular formula is C42H55FN8O9S. The zero-order valence-corrected chi connectivity index (χ0v) is 35.4. The minimum Gasteiger partial charge on any atom is -0.446 e. The van der Waals surface area contributed by atoms with E-state index in [9.17, 15) is 36.8 Å². The van der Waals surface area contributed by atoms with Crippen molar-refractivity contribution in [3.05, 3.63) is 60.1 Å². The smallest absolute Gasteiger partial charge is 0.410 e. The van der Waals surface area contributed by atoms with Crippen molar-refractivity contribution in [2.75, 3.05) is 37.4 Å². The second kappa shape index (κ2) is 18.3. The van der Waals surface area contributed by atoms with Crippen LogP contribution < -0.4 is 25.6 Å². The largest absolute Gasteiger partial charge is 0.446 e. The first kappa shape index (κ1) is 43.6. The summed E-state index contributed by atoms with van der Waals surface area (Å²) in [6, 6.07) is 4.61. The molecule has 61 heavy (non-hydrogen) atoms. The van der Waals surface area contributed by atoms with Crippen molar-refractivity contribution in [2.45, 2.75) is 125 Å². The molecule has 2 aromatic rings. The molecule has 19 heteroatoms. The van der Waals surface area contributed by atoms with Gasteiger partial charge in [-0.25, -0.2) is 32.1 Å². The van der Waals surface area contributed by atoms with Crippen molar-refractivity contribution in [3.8, 4) is 0 Å². The minimum absolute atomic E-state index is 0.00673. The van der Waals surface area contributed by atoms with E-state index < -0.39 is 80.3 Å². The maximum absolute atomic E-state index is 14.6. The summed E-state index contributed by atoms with van der Waals surface area (Å²) in [5.41, 5.74) is -0.0867. The number of fused-ring (bicyclic) bond motifs is 3. The van der Waals surface area contributed by atoms with Gasteiger partial charge in [-0.05, 0) is 74.8 Å². The normalized spacial score (nSPS) is 27.1. The Morgan fingerprint density at radius 1 is 0.984 bits per heavy atom. The van der Waals surface area contributed by atoms with Gasteiger partial charge in [0.25, 0.3) is 15.9 Å². The van der Waals surface area contributed by atoms with Crippen LogP contribution >= 0.6 is 0 Å². The van der Waals surface area contributed by atoms with Gasteiger partial charge in [-0.15, -0.1) is 6.58 Å². The lowest BCUT2D eigenvalue weighted by molar-refractivity contribution is -0.141. The number of benzene rings is 1. The molecule has 5 amide bonds. The topological polar surface area (TPSA) is 209 Å². The summed E-state index contributed by atoms with van der Waals surface area (Å²) in [6.07, 6.45) is 5.55. The Labute approximate surface area is 355 Å². The zero-order valence-electron chi connectivity index (χ0n) is 34.6. The van der Waals surface area contributed by atoms with Gasteiger partial charge in [0.05, 0.1) is 31.0 Å². The predicted octanol–water partition coefficient (Wildman–Crippen LogP) is 4.08. The molecule has 1 spiro atoms. The molecule has 2 aliphatic carbocycles. The first-order chi connectivity index (χ1) is 29.2. The van der Waals surface area contributed by atoms with E-state index in [0.29, 0.717) is 25.8 Å². The lowest BCUT2D eigenvalue weighted by Gasteiger charge is -2.30. The van der Waals surface area contributed by atoms with Gasteiger partial charge in [-0.1, -0.05) is 37.8 Å². The molecule has 1 saturated heterocycles. The fraction of sp³-hybridized carbons (Fsp3) is 0.571. The van der Waals surface area contributed by atoms with E-state index in [1.807, 2.05) is 35.9 Å². The molecule has 330 valence electrons. The first-order valence-electron chi connectivity index (χ1n) is 21.1. The van der Waals surface area contributed by atoms with Gasteiger partial charge in [0.1, 0.15) is 46.4 Å². The highest BCUT2D eigenvalue weighted by Gasteiger charge is 2.61. The number of nitrogens with one attached hydrogen (secondary N) is 4. The summed E-state index contributed by atoms with van der Waals surface area (Å²) in [5.74, 6) is -3.24. The van der Waals surface area contributed by atoms with E-state index in [0.717, 1.165) is 67.7 Å². The molecule has 7 rings (SSSR count). The van der Waals surface area contributed by atoms with Gasteiger partial charge in [0, 0.05) is 33.0 Å². The van der Waals surface area contributed by atoms with Crippen LogP contribution in [0.15, 0.2) is 47.9 Å². The number of carbonyl (C=O) groups is 5. The average Bonchev–Trinajstić information content (AvgIpc) is 3.61. The summed E-state index contributed by atoms with van der Waals surface area (Å²) in [6.45, 7) is 4.37. The Hall–Kier alpha value is -5.46. The summed E-state index contributed by atoms with van der Waals surface area (Å²) in [7, 11) is -0.934. The van der Waals surface area contributed by atoms with E-state index in [-0.39, 0.29) is 50.7 Å². The predicted molar refractivity (Wildman–Crippen MR) is 221 cm³/mol. The number of rotatable bonds is 5. The number of halogens is 1. The molecule has 17 nitrogen and oxygen atoms in total. The Balaban J connectivity index is 1.15. The van der Waals surface area contributed by atoms with Crippen molar-refractivity contribution in [3.63, 3.8) is 0 Å². The number of pyridine rings is 1. The van der Waals surface area contributed by atoms with E-state index in [1.54, 1.807) is 0 Å². The van der Waals surface area contributed by atoms with Crippen molar-refractivity contribution < 1.29 is 46.3 Å². The number of sulfonamides is 1. The van der Waals surface area contributed by atoms with Crippen molar-refractivity contribution in [1.82, 2.24) is 30.1 Å². The van der Waals surface area contributed by atoms with Crippen molar-refractivity contribution in [2.24, 2.45) is 5.92 Å². The average molecular weight is 867 g/mol. The number of alkyl carbamates (subject to hydrolysis) is 1. The maximum Gasteiger partial charge on any atom is 0.410 e. The monoisotopic (exact) mass is 866 g/mol. The van der Waals surface area contributed by atoms with Gasteiger partial charge in [0.15, 0.2) is 0 Å². The van der Waals surface area contributed by atoms with Crippen LogP contribution in [0.2, 0.25) is 0 Å². The number of ether oxygens (including phenoxy) is 2. The summed E-state index contributed by atoms with van der Waals surface area (Å²) >= 11 is 0. The number of hydrogen-bond acceptors (Lipinski definition) is 12. The maximum atomic E-state index is 14.6. The zero-order chi connectivity index (χ0) is 43.5. The highest BCUT2D eigenvalue weighted by molar-refractivity contribution is 7.90. The van der Waals surface area contributed by atoms with Crippen LogP contribution in [0, 0.1) is 11.7 Å². The number of hydrogen-bond donors (Lipinski definition) is 4. The second-order valence-electron chi connectivity index (χ2n) is 16.8. The standard InChI is InChI=1S/C42H55FN8O9S/c1-4-27-22-42(27)39(54)48-61(57,58)35-20-28(43)16-17-31(35)44-19-11-7-5-6-8-14-32(46-40(55)59-29-12-9-10-13-29)38(53)51-24-30(21-34(51)37(52)47-42)60-41(56)50-23-26-15-18-36(49(2)3)45-33(26)25-50/h4,15-18,20,27,29-30,32,34,44H,1,5-14,19,21-25H2,2-3H3,(H,46,55)(H,47,52)(H,48,54)/t27-,30-,32+,34+,42-/m1/s1. The molecule has 5 atom stereocenters. The van der Waals surface area contributed by atoms with Crippen molar-refractivity contribution in [1.29, 1.82) is 0 Å². The fourth-order valence-corrected chi connectivity index (χ4v) is 9.93. The lowest BCUT2D eigenvalue weighted by atomic mass is 10.0. The summed E-state index contributed by atoms with van der Waals surface area (Å²) < 4.78 is 55.6. The van der Waals surface area contributed by atoms with Crippen LogP contribution in [0.3, 0.4) is 0 Å². The third-order valence-electron chi connectivity index (χ3n) is 12.2. The molecule has 1 aromatic heterocycles. The number of anilines is 2. The lowest BCUT2D eigenvalue weighted by Crippen LogP contribution is -2.58. The van der Waals surface area contributed by atoms with Crippen LogP contribution in [0.25, 0.3) is 0 Å². The molecule has 2 saturated carbocycles. The second-order valence-corrected chi connectivity index (χ2v) is 18.5. The third-order valence-corrected chi connectivity index (χ3v) is 13.6. The molecule has 0 radical (unpaired) electrons. The minimum atomic E-state index is -4.67. The van der Waals surface area contributed by atoms with Crippen LogP contribution in [0.5, 0.6) is 0 Å². The van der Waals surface area contributed by atoms with Gasteiger partial charge in [-0.3, -0.25) is 19.3 Å². The van der Waals surface area contributed by atoms with Gasteiger partial charge < -0.3 is 35.2 Å². The Kier molecular flexibility index (Phi) is 13.1. The van der Waals surface area contributed by atoms with Gasteiger partial charge in [-0.2, -0.15) is 0 Å². The number of carbonyl (C=O) groups excluding carboxylic acids is 5. The van der Waals surface area contributed by atoms with Crippen LogP contribution in [0.1, 0.15) is 88.3 Å². The number of aromatic nitrogens is 1. The molecule has 5 aliphatic rings. The molecule has 0 bridgehead atoms. The SMILES string of the molecule is C=C[C@@H]1C[C@@]12NC(=O)[C@@H]1C[C@@H](OC(=O)N3Cc4ccc(N(C)C)nc4C3)CN1C(=O)[C@@H](NC(=O)OC1CCCC1)CCCCCCCNc1ccc(F)cc1S(=O)(=O)NC2=O. The number of nitrogens with zero attached hydrogens (tertiary/aromatic N) is 4. The highest BCUT2D eigenvalue weighted by Crippen LogP contribution is 2.45. The Morgan fingerprint density at radius 3 is 2.46 bits per heavy atom. The van der Waals surface area contributed by atoms with Crippen molar-refractivity contribution >= 4 is 51.4 Å². The van der Waals surface area contributed by atoms with Crippen LogP contribution in [-0.2, 0) is 47.0 Å². The van der Waals surface area contributed by atoms with Crippen LogP contribution in [-0.4, -0.2) is 110 Å². The first-order valence-corrected chi connectivity index (χ1v) is 22.6. The molecule has 3 aliphatic heterocycles. The quantitative estimate of drug-likeness (QED) is 0.314. The molecular weight excluding hydrogens is 812 g/mol. The Morgan fingerprint density at radius 2 is 1.72 bits per heavy atom. The summed E-state index contributed by atoms with van der Waals surface area (Å²) in [4.78, 5) is 78.8.